The molecule has 0 fully saturated rings. The third-order valence-corrected chi connectivity index (χ3v) is 3.96. The molecule has 2 aromatic rings. The summed E-state index contributed by atoms with van der Waals surface area (Å²) in [5.41, 5.74) is 13.9. The molecule has 0 saturated carbocycles. The van der Waals surface area contributed by atoms with Crippen molar-refractivity contribution >= 4 is 11.8 Å². The van der Waals surface area contributed by atoms with E-state index in [1.807, 2.05) is 26.0 Å². The number of hydrogen-bond donors (Lipinski definition) is 2. The number of aromatic nitrogens is 2. The Balaban J connectivity index is 2.44. The quantitative estimate of drug-likeness (QED) is 0.792. The number of hydrogen-bond acceptors (Lipinski definition) is 7. The molecule has 1 aromatic heterocycles. The molecule has 138 valence electrons. The second-order valence-corrected chi connectivity index (χ2v) is 5.59. The summed E-state index contributed by atoms with van der Waals surface area (Å²) in [6, 6.07) is 3.76. The lowest BCUT2D eigenvalue weighted by Crippen LogP contribution is -2.07. The Morgan fingerprint density at radius 1 is 1.04 bits per heavy atom. The summed E-state index contributed by atoms with van der Waals surface area (Å²) >= 11 is 0. The number of ether oxygens (including phenoxy) is 3. The normalized spacial score (nSPS) is 11.3. The predicted molar refractivity (Wildman–Crippen MR) is 102 cm³/mol. The number of aryl methyl sites for hydroxylation is 1. The summed E-state index contributed by atoms with van der Waals surface area (Å²) in [6.45, 7) is 3.95. The average Bonchev–Trinajstić information content (AvgIpc) is 2.64. The van der Waals surface area contributed by atoms with Crippen LogP contribution in [0.25, 0.3) is 0 Å². The van der Waals surface area contributed by atoms with Crippen LogP contribution in [0.5, 0.6) is 17.2 Å². The zero-order chi connectivity index (χ0) is 19.3. The van der Waals surface area contributed by atoms with Gasteiger partial charge in [0.2, 0.25) is 11.7 Å². The monoisotopic (exact) mass is 356 g/mol. The molecule has 0 bridgehead atoms. The molecule has 0 radical (unpaired) electrons. The van der Waals surface area contributed by atoms with Crippen LogP contribution in [0, 0.1) is 11.8 Å². The van der Waals surface area contributed by atoms with Gasteiger partial charge in [-0.2, -0.15) is 4.98 Å². The number of anilines is 2. The molecule has 7 nitrogen and oxygen atoms in total. The lowest BCUT2D eigenvalue weighted by Gasteiger charge is -2.15. The second-order valence-electron chi connectivity index (χ2n) is 5.59. The topological polar surface area (TPSA) is 106 Å². The number of nitrogens with zero attached hydrogens (tertiary/aromatic N) is 2. The zero-order valence-corrected chi connectivity index (χ0v) is 15.7. The number of benzene rings is 1. The molecule has 1 atom stereocenters. The van der Waals surface area contributed by atoms with Gasteiger partial charge < -0.3 is 25.7 Å². The number of methoxy groups -OCH3 is 3. The van der Waals surface area contributed by atoms with Gasteiger partial charge in [-0.25, -0.2) is 4.98 Å². The molecule has 26 heavy (non-hydrogen) atoms. The molecule has 4 N–H and O–H groups in total. The third kappa shape index (κ3) is 3.91. The van der Waals surface area contributed by atoms with E-state index in [4.69, 9.17) is 25.7 Å². The summed E-state index contributed by atoms with van der Waals surface area (Å²) in [6.07, 6.45) is 0.666. The van der Waals surface area contributed by atoms with Crippen LogP contribution in [0.2, 0.25) is 0 Å². The van der Waals surface area contributed by atoms with Crippen LogP contribution in [-0.2, 0) is 6.42 Å². The van der Waals surface area contributed by atoms with Crippen LogP contribution in [0.15, 0.2) is 12.1 Å². The van der Waals surface area contributed by atoms with E-state index < -0.39 is 0 Å². The van der Waals surface area contributed by atoms with E-state index in [9.17, 15) is 0 Å². The Hall–Kier alpha value is -3.14. The first-order valence-corrected chi connectivity index (χ1v) is 8.18. The minimum atomic E-state index is -0.106. The maximum absolute atomic E-state index is 5.96. The number of nitrogens with two attached hydrogens (primary N) is 2. The minimum absolute atomic E-state index is 0.106. The van der Waals surface area contributed by atoms with Gasteiger partial charge in [0, 0.05) is 5.92 Å². The Morgan fingerprint density at radius 3 is 2.15 bits per heavy atom. The summed E-state index contributed by atoms with van der Waals surface area (Å²) in [4.78, 5) is 8.20. The van der Waals surface area contributed by atoms with Gasteiger partial charge in [0.25, 0.3) is 0 Å². The maximum Gasteiger partial charge on any atom is 0.222 e. The fourth-order valence-electron chi connectivity index (χ4n) is 2.55. The van der Waals surface area contributed by atoms with Crippen LogP contribution in [0.4, 0.5) is 11.8 Å². The minimum Gasteiger partial charge on any atom is -0.493 e. The van der Waals surface area contributed by atoms with E-state index in [1.54, 1.807) is 21.3 Å². The summed E-state index contributed by atoms with van der Waals surface area (Å²) in [5, 5.41) is 0. The highest BCUT2D eigenvalue weighted by Gasteiger charge is 2.16. The molecule has 1 aromatic carbocycles. The van der Waals surface area contributed by atoms with E-state index in [0.29, 0.717) is 35.1 Å². The summed E-state index contributed by atoms with van der Waals surface area (Å²) in [5.74, 6) is 8.33. The van der Waals surface area contributed by atoms with Crippen molar-refractivity contribution in [3.8, 4) is 29.1 Å². The molecule has 0 aliphatic carbocycles. The summed E-state index contributed by atoms with van der Waals surface area (Å²) < 4.78 is 16.1. The molecule has 0 amide bonds. The first kappa shape index (κ1) is 19.2. The molecule has 0 aliphatic rings. The molecule has 7 heteroatoms. The van der Waals surface area contributed by atoms with E-state index in [2.05, 4.69) is 21.8 Å². The second kappa shape index (κ2) is 8.30. The van der Waals surface area contributed by atoms with Crippen LogP contribution in [-0.4, -0.2) is 31.3 Å². The molecule has 1 heterocycles. The zero-order valence-electron chi connectivity index (χ0n) is 15.7. The van der Waals surface area contributed by atoms with Crippen LogP contribution >= 0.6 is 0 Å². The van der Waals surface area contributed by atoms with Crippen molar-refractivity contribution in [1.29, 1.82) is 0 Å². The Labute approximate surface area is 153 Å². The van der Waals surface area contributed by atoms with Gasteiger partial charge in [0.05, 0.1) is 32.6 Å². The highest BCUT2D eigenvalue weighted by atomic mass is 16.5. The maximum atomic E-state index is 5.96. The lowest BCUT2D eigenvalue weighted by molar-refractivity contribution is 0.323. The van der Waals surface area contributed by atoms with Gasteiger partial charge in [0.15, 0.2) is 11.5 Å². The van der Waals surface area contributed by atoms with Crippen LogP contribution in [0.3, 0.4) is 0 Å². The van der Waals surface area contributed by atoms with E-state index in [-0.39, 0.29) is 11.9 Å². The fraction of sp³-hybridized carbons (Fsp3) is 0.368. The van der Waals surface area contributed by atoms with Crippen molar-refractivity contribution in [3.05, 3.63) is 29.0 Å². The summed E-state index contributed by atoms with van der Waals surface area (Å²) in [7, 11) is 4.73. The van der Waals surface area contributed by atoms with Crippen LogP contribution in [0.1, 0.15) is 36.6 Å². The molecular weight excluding hydrogens is 332 g/mol. The van der Waals surface area contributed by atoms with Gasteiger partial charge in [-0.15, -0.1) is 0 Å². The standard InChI is InChI=1S/C19H24N4O3/c1-6-14-13(18(20)23-19(21)22-14)8-7-11(2)12-9-15(24-3)17(26-5)16(10-12)25-4/h9-11H,6H2,1-5H3,(H4,20,21,22,23)/t11-/m0/s1. The molecule has 2 rings (SSSR count). The smallest absolute Gasteiger partial charge is 0.222 e. The largest absolute Gasteiger partial charge is 0.493 e. The van der Waals surface area contributed by atoms with Crippen molar-refractivity contribution < 1.29 is 14.2 Å². The van der Waals surface area contributed by atoms with Gasteiger partial charge in [0.1, 0.15) is 5.82 Å². The Kier molecular flexibility index (Phi) is 6.12. The van der Waals surface area contributed by atoms with Gasteiger partial charge in [-0.1, -0.05) is 18.8 Å². The van der Waals surface area contributed by atoms with Crippen molar-refractivity contribution in [2.45, 2.75) is 26.2 Å². The molecule has 0 saturated heterocycles. The Bertz CT molecular complexity index is 831. The highest BCUT2D eigenvalue weighted by molar-refractivity contribution is 5.58. The van der Waals surface area contributed by atoms with E-state index >= 15 is 0 Å². The SMILES string of the molecule is CCc1nc(N)nc(N)c1C#C[C@H](C)c1cc(OC)c(OC)c(OC)c1. The number of nitrogen functional groups attached to an aromatic ring is 2. The first-order chi connectivity index (χ1) is 12.4. The van der Waals surface area contributed by atoms with Crippen molar-refractivity contribution in [2.24, 2.45) is 0 Å². The molecular formula is C19H24N4O3. The Morgan fingerprint density at radius 2 is 1.65 bits per heavy atom. The predicted octanol–water partition coefficient (Wildman–Crippen LogP) is 2.38. The average molecular weight is 356 g/mol. The van der Waals surface area contributed by atoms with Crippen LogP contribution < -0.4 is 25.7 Å². The van der Waals surface area contributed by atoms with Crippen molar-refractivity contribution in [2.75, 3.05) is 32.8 Å². The number of rotatable bonds is 5. The van der Waals surface area contributed by atoms with Gasteiger partial charge in [-0.3, -0.25) is 0 Å². The van der Waals surface area contributed by atoms with Gasteiger partial charge in [-0.05, 0) is 31.0 Å². The molecule has 0 aliphatic heterocycles. The van der Waals surface area contributed by atoms with Crippen molar-refractivity contribution in [3.63, 3.8) is 0 Å². The highest BCUT2D eigenvalue weighted by Crippen LogP contribution is 2.39. The fourth-order valence-corrected chi connectivity index (χ4v) is 2.55. The lowest BCUT2D eigenvalue weighted by atomic mass is 10.00. The third-order valence-electron chi connectivity index (χ3n) is 3.96. The molecule has 0 spiro atoms. The molecule has 0 unspecified atom stereocenters. The van der Waals surface area contributed by atoms with E-state index in [0.717, 1.165) is 11.3 Å². The van der Waals surface area contributed by atoms with E-state index in [1.165, 1.54) is 0 Å². The van der Waals surface area contributed by atoms with Gasteiger partial charge >= 0.3 is 0 Å². The van der Waals surface area contributed by atoms with Crippen molar-refractivity contribution in [1.82, 2.24) is 9.97 Å². The first-order valence-electron chi connectivity index (χ1n) is 8.18.